The van der Waals surface area contributed by atoms with Gasteiger partial charge in [0.2, 0.25) is 0 Å². The average molecular weight is 207 g/mol. The molecule has 1 aliphatic rings. The molecule has 0 aromatic carbocycles. The molecular weight excluding hydrogens is 194 g/mol. The minimum Gasteiger partial charge on any atom is -0.480 e. The fraction of sp³-hybridized carbons (Fsp3) is 0.857. The maximum atomic E-state index is 10.5. The van der Waals surface area contributed by atoms with Gasteiger partial charge < -0.3 is 5.11 Å². The van der Waals surface area contributed by atoms with Gasteiger partial charge in [-0.2, -0.15) is 11.8 Å². The van der Waals surface area contributed by atoms with Gasteiger partial charge >= 0.3 is 5.97 Å². The van der Waals surface area contributed by atoms with Crippen molar-refractivity contribution >= 4 is 29.5 Å². The van der Waals surface area contributed by atoms with Gasteiger partial charge in [-0.1, -0.05) is 0 Å². The molecule has 1 heterocycles. The van der Waals surface area contributed by atoms with E-state index in [0.717, 1.165) is 12.2 Å². The number of carbonyl (C=O) groups is 1. The molecule has 5 heteroatoms. The van der Waals surface area contributed by atoms with E-state index < -0.39 is 5.97 Å². The fourth-order valence-electron chi connectivity index (χ4n) is 1.07. The molecule has 12 heavy (non-hydrogen) atoms. The van der Waals surface area contributed by atoms with Crippen LogP contribution in [0.25, 0.3) is 0 Å². The minimum atomic E-state index is -0.728. The molecule has 0 spiro atoms. The van der Waals surface area contributed by atoms with E-state index in [-0.39, 0.29) is 6.04 Å². The van der Waals surface area contributed by atoms with Gasteiger partial charge in [0.25, 0.3) is 0 Å². The van der Waals surface area contributed by atoms with Crippen molar-refractivity contribution in [1.82, 2.24) is 5.32 Å². The third-order valence-corrected chi connectivity index (χ3v) is 3.68. The molecule has 2 atom stereocenters. The van der Waals surface area contributed by atoms with Crippen molar-refractivity contribution in [3.8, 4) is 0 Å². The molecule has 1 fully saturated rings. The fourth-order valence-corrected chi connectivity index (χ4v) is 2.90. The lowest BCUT2D eigenvalue weighted by Crippen LogP contribution is -2.36. The van der Waals surface area contributed by atoms with Crippen LogP contribution in [0.1, 0.15) is 6.42 Å². The Morgan fingerprint density at radius 3 is 3.08 bits per heavy atom. The minimum absolute atomic E-state index is 0.332. The lowest BCUT2D eigenvalue weighted by atomic mass is 10.3. The first-order chi connectivity index (χ1) is 5.74. The van der Waals surface area contributed by atoms with Crippen LogP contribution in [0.15, 0.2) is 0 Å². The van der Waals surface area contributed by atoms with E-state index in [4.69, 9.17) is 5.11 Å². The van der Waals surface area contributed by atoms with Crippen LogP contribution in [0, 0.1) is 0 Å². The zero-order valence-corrected chi connectivity index (χ0v) is 8.58. The zero-order chi connectivity index (χ0) is 8.97. The summed E-state index contributed by atoms with van der Waals surface area (Å²) >= 11 is 3.51. The van der Waals surface area contributed by atoms with Crippen molar-refractivity contribution in [3.63, 3.8) is 0 Å². The van der Waals surface area contributed by atoms with Crippen molar-refractivity contribution in [2.45, 2.75) is 17.8 Å². The van der Waals surface area contributed by atoms with E-state index in [1.807, 2.05) is 0 Å². The first-order valence-electron chi connectivity index (χ1n) is 3.83. The van der Waals surface area contributed by atoms with Crippen LogP contribution in [0.5, 0.6) is 0 Å². The molecule has 2 N–H and O–H groups in total. The largest absolute Gasteiger partial charge is 0.480 e. The van der Waals surface area contributed by atoms with E-state index in [1.54, 1.807) is 23.5 Å². The summed E-state index contributed by atoms with van der Waals surface area (Å²) in [6.45, 7) is 0. The second-order valence-electron chi connectivity index (χ2n) is 2.66. The highest BCUT2D eigenvalue weighted by molar-refractivity contribution is 8.00. The van der Waals surface area contributed by atoms with Crippen LogP contribution in [0.4, 0.5) is 0 Å². The summed E-state index contributed by atoms with van der Waals surface area (Å²) in [6.07, 6.45) is 3.11. The molecule has 1 unspecified atom stereocenters. The predicted octanol–water partition coefficient (Wildman–Crippen LogP) is 0.855. The number of rotatable bonds is 4. The highest BCUT2D eigenvalue weighted by atomic mass is 32.2. The first kappa shape index (κ1) is 10.2. The number of hydrogen-bond acceptors (Lipinski definition) is 4. The second kappa shape index (κ2) is 4.99. The van der Waals surface area contributed by atoms with Gasteiger partial charge in [0.1, 0.15) is 6.04 Å². The van der Waals surface area contributed by atoms with Crippen molar-refractivity contribution in [2.75, 3.05) is 17.8 Å². The Kier molecular flexibility index (Phi) is 4.25. The monoisotopic (exact) mass is 207 g/mol. The van der Waals surface area contributed by atoms with E-state index in [1.165, 1.54) is 0 Å². The Labute approximate surface area is 80.7 Å². The molecule has 1 rings (SSSR count). The molecule has 70 valence electrons. The van der Waals surface area contributed by atoms with E-state index in [2.05, 4.69) is 11.6 Å². The molecule has 0 radical (unpaired) electrons. The van der Waals surface area contributed by atoms with Gasteiger partial charge in [0, 0.05) is 5.75 Å². The van der Waals surface area contributed by atoms with E-state index in [0.29, 0.717) is 11.1 Å². The summed E-state index contributed by atoms with van der Waals surface area (Å²) in [4.78, 5) is 10.5. The Hall–Kier alpha value is 0.130. The van der Waals surface area contributed by atoms with Gasteiger partial charge in [-0.3, -0.25) is 10.1 Å². The summed E-state index contributed by atoms with van der Waals surface area (Å²) < 4.78 is 0. The summed E-state index contributed by atoms with van der Waals surface area (Å²) in [5.41, 5.74) is 0. The number of aliphatic carboxylic acids is 1. The van der Waals surface area contributed by atoms with Crippen LogP contribution in [0.2, 0.25) is 0 Å². The topological polar surface area (TPSA) is 49.3 Å². The van der Waals surface area contributed by atoms with Gasteiger partial charge in [-0.25, -0.2) is 0 Å². The number of thioether (sulfide) groups is 2. The van der Waals surface area contributed by atoms with Gasteiger partial charge in [-0.15, -0.1) is 11.8 Å². The Morgan fingerprint density at radius 1 is 1.83 bits per heavy atom. The molecule has 0 amide bonds. The standard InChI is InChI=1S/C7H13NO2S2/c1-11-3-2-6-8-5(4-12-6)7(9)10/h5-6,8H,2-4H2,1H3,(H,9,10)/t5-,6?/m0/s1. The Balaban J connectivity index is 2.21. The van der Waals surface area contributed by atoms with Crippen LogP contribution < -0.4 is 5.32 Å². The third kappa shape index (κ3) is 2.88. The summed E-state index contributed by atoms with van der Waals surface area (Å²) in [7, 11) is 0. The normalized spacial score (nSPS) is 29.1. The van der Waals surface area contributed by atoms with Crippen molar-refractivity contribution in [1.29, 1.82) is 0 Å². The molecular formula is C7H13NO2S2. The number of hydrogen-bond donors (Lipinski definition) is 2. The molecule has 0 bridgehead atoms. The lowest BCUT2D eigenvalue weighted by molar-refractivity contribution is -0.138. The second-order valence-corrected chi connectivity index (χ2v) is 4.88. The number of carboxylic acids is 1. The van der Waals surface area contributed by atoms with Crippen LogP contribution >= 0.6 is 23.5 Å². The molecule has 1 aliphatic heterocycles. The quantitative estimate of drug-likeness (QED) is 0.716. The number of carboxylic acid groups (broad SMARTS) is 1. The van der Waals surface area contributed by atoms with Crippen LogP contribution in [-0.2, 0) is 4.79 Å². The van der Waals surface area contributed by atoms with E-state index in [9.17, 15) is 4.79 Å². The predicted molar refractivity (Wildman–Crippen MR) is 53.8 cm³/mol. The Morgan fingerprint density at radius 2 is 2.58 bits per heavy atom. The molecule has 0 aromatic heterocycles. The first-order valence-corrected chi connectivity index (χ1v) is 6.27. The molecule has 1 saturated heterocycles. The summed E-state index contributed by atoms with van der Waals surface area (Å²) in [5.74, 6) is 1.07. The average Bonchev–Trinajstić information content (AvgIpc) is 2.48. The highest BCUT2D eigenvalue weighted by Gasteiger charge is 2.28. The maximum Gasteiger partial charge on any atom is 0.321 e. The molecule has 0 aliphatic carbocycles. The third-order valence-electron chi connectivity index (χ3n) is 1.73. The van der Waals surface area contributed by atoms with Gasteiger partial charge in [0.05, 0.1) is 5.37 Å². The van der Waals surface area contributed by atoms with Crippen LogP contribution in [-0.4, -0.2) is 40.3 Å². The molecule has 0 saturated carbocycles. The smallest absolute Gasteiger partial charge is 0.321 e. The van der Waals surface area contributed by atoms with Gasteiger partial charge in [-0.05, 0) is 18.4 Å². The highest BCUT2D eigenvalue weighted by Crippen LogP contribution is 2.22. The van der Waals surface area contributed by atoms with Gasteiger partial charge in [0.15, 0.2) is 0 Å². The SMILES string of the molecule is CSCCC1N[C@H](C(=O)O)CS1. The van der Waals surface area contributed by atoms with Crippen molar-refractivity contribution < 1.29 is 9.90 Å². The zero-order valence-electron chi connectivity index (χ0n) is 6.95. The van der Waals surface area contributed by atoms with Crippen molar-refractivity contribution in [3.05, 3.63) is 0 Å². The number of nitrogens with one attached hydrogen (secondary N) is 1. The summed E-state index contributed by atoms with van der Waals surface area (Å²) in [6, 6.07) is -0.332. The Bertz CT molecular complexity index is 165. The van der Waals surface area contributed by atoms with Crippen LogP contribution in [0.3, 0.4) is 0 Å². The van der Waals surface area contributed by atoms with E-state index >= 15 is 0 Å². The van der Waals surface area contributed by atoms with Crippen molar-refractivity contribution in [2.24, 2.45) is 0 Å². The lowest BCUT2D eigenvalue weighted by Gasteiger charge is -2.08. The molecule has 0 aromatic rings. The summed E-state index contributed by atoms with van der Waals surface area (Å²) in [5, 5.41) is 12.1. The molecule has 3 nitrogen and oxygen atoms in total. The maximum absolute atomic E-state index is 10.5.